The highest BCUT2D eigenvalue weighted by atomic mass is 16.3. The topological polar surface area (TPSA) is 66.6 Å². The summed E-state index contributed by atoms with van der Waals surface area (Å²) >= 11 is 0. The van der Waals surface area contributed by atoms with Crippen molar-refractivity contribution in [2.45, 2.75) is 25.9 Å². The Labute approximate surface area is 101 Å². The molecule has 1 aliphatic heterocycles. The van der Waals surface area contributed by atoms with E-state index in [2.05, 4.69) is 0 Å². The van der Waals surface area contributed by atoms with Gasteiger partial charge in [-0.3, -0.25) is 4.79 Å². The second kappa shape index (κ2) is 4.75. The van der Waals surface area contributed by atoms with Crippen molar-refractivity contribution in [1.82, 2.24) is 4.90 Å². The number of aliphatic hydroxyl groups excluding tert-OH is 1. The van der Waals surface area contributed by atoms with Gasteiger partial charge in [0.05, 0.1) is 6.10 Å². The lowest BCUT2D eigenvalue weighted by Crippen LogP contribution is -2.40. The van der Waals surface area contributed by atoms with Crippen LogP contribution in [0.1, 0.15) is 28.8 Å². The minimum atomic E-state index is -0.262. The Morgan fingerprint density at radius 1 is 1.35 bits per heavy atom. The summed E-state index contributed by atoms with van der Waals surface area (Å²) in [6.07, 6.45) is 1.06. The van der Waals surface area contributed by atoms with Gasteiger partial charge in [-0.15, -0.1) is 0 Å². The molecule has 0 aliphatic carbocycles. The number of nitrogens with zero attached hydrogens (tertiary/aromatic N) is 1. The summed E-state index contributed by atoms with van der Waals surface area (Å²) < 4.78 is 0. The SMILES string of the molecule is Cc1cc(N)cc(C(=O)N2CCC(O)CC2)c1. The van der Waals surface area contributed by atoms with Crippen LogP contribution in [0, 0.1) is 6.92 Å². The van der Waals surface area contributed by atoms with Crippen molar-refractivity contribution in [2.75, 3.05) is 18.8 Å². The van der Waals surface area contributed by atoms with Crippen LogP contribution in [0.3, 0.4) is 0 Å². The predicted molar refractivity (Wildman–Crippen MR) is 66.7 cm³/mol. The summed E-state index contributed by atoms with van der Waals surface area (Å²) in [4.78, 5) is 14.0. The number of nitrogens with two attached hydrogens (primary N) is 1. The molecule has 0 radical (unpaired) electrons. The molecule has 4 nitrogen and oxygen atoms in total. The normalized spacial score (nSPS) is 17.2. The van der Waals surface area contributed by atoms with Crippen LogP contribution in [0.15, 0.2) is 18.2 Å². The molecule has 0 atom stereocenters. The molecule has 2 rings (SSSR count). The molecule has 3 N–H and O–H groups in total. The van der Waals surface area contributed by atoms with Gasteiger partial charge < -0.3 is 15.7 Å². The number of piperidine rings is 1. The highest BCUT2D eigenvalue weighted by Gasteiger charge is 2.22. The predicted octanol–water partition coefficient (Wildman–Crippen LogP) is 1.17. The lowest BCUT2D eigenvalue weighted by Gasteiger charge is -2.29. The first kappa shape index (κ1) is 11.9. The molecule has 0 unspecified atom stereocenters. The first-order valence-corrected chi connectivity index (χ1v) is 5.91. The van der Waals surface area contributed by atoms with Crippen LogP contribution in [0.5, 0.6) is 0 Å². The number of hydrogen-bond donors (Lipinski definition) is 2. The second-order valence-corrected chi connectivity index (χ2v) is 4.66. The Morgan fingerprint density at radius 2 is 2.00 bits per heavy atom. The van der Waals surface area contributed by atoms with Crippen LogP contribution in [0.2, 0.25) is 0 Å². The third-order valence-electron chi connectivity index (χ3n) is 3.10. The minimum absolute atomic E-state index is 0.00676. The van der Waals surface area contributed by atoms with Gasteiger partial charge >= 0.3 is 0 Å². The van der Waals surface area contributed by atoms with Gasteiger partial charge in [-0.25, -0.2) is 0 Å². The van der Waals surface area contributed by atoms with Crippen LogP contribution in [0.25, 0.3) is 0 Å². The van der Waals surface area contributed by atoms with E-state index >= 15 is 0 Å². The molecule has 1 aromatic rings. The van der Waals surface area contributed by atoms with Gasteiger partial charge in [0.25, 0.3) is 5.91 Å². The summed E-state index contributed by atoms with van der Waals surface area (Å²) in [6, 6.07) is 5.40. The number of carbonyl (C=O) groups excluding carboxylic acids is 1. The van der Waals surface area contributed by atoms with Crippen LogP contribution < -0.4 is 5.73 Å². The van der Waals surface area contributed by atoms with Crippen molar-refractivity contribution in [3.8, 4) is 0 Å². The van der Waals surface area contributed by atoms with Gasteiger partial charge in [-0.05, 0) is 43.5 Å². The number of rotatable bonds is 1. The Morgan fingerprint density at radius 3 is 2.59 bits per heavy atom. The standard InChI is InChI=1S/C13H18N2O2/c1-9-6-10(8-11(14)7-9)13(17)15-4-2-12(16)3-5-15/h6-8,12,16H,2-5,14H2,1H3. The molecule has 1 heterocycles. The number of anilines is 1. The first-order chi connectivity index (χ1) is 8.06. The zero-order valence-electron chi connectivity index (χ0n) is 10.0. The summed E-state index contributed by atoms with van der Waals surface area (Å²) in [5.41, 5.74) is 7.98. The number of aliphatic hydroxyl groups is 1. The fourth-order valence-electron chi connectivity index (χ4n) is 2.19. The van der Waals surface area contributed by atoms with Gasteiger partial charge in [0.1, 0.15) is 0 Å². The van der Waals surface area contributed by atoms with Crippen molar-refractivity contribution in [1.29, 1.82) is 0 Å². The Balaban J connectivity index is 2.14. The zero-order valence-corrected chi connectivity index (χ0v) is 10.0. The third kappa shape index (κ3) is 2.77. The molecule has 4 heteroatoms. The average Bonchev–Trinajstić information content (AvgIpc) is 2.28. The molecule has 1 amide bonds. The van der Waals surface area contributed by atoms with E-state index in [0.717, 1.165) is 5.56 Å². The highest BCUT2D eigenvalue weighted by Crippen LogP contribution is 2.17. The smallest absolute Gasteiger partial charge is 0.253 e. The number of likely N-dealkylation sites (tertiary alicyclic amines) is 1. The van der Waals surface area contributed by atoms with Crippen LogP contribution in [-0.4, -0.2) is 35.1 Å². The largest absolute Gasteiger partial charge is 0.399 e. The van der Waals surface area contributed by atoms with E-state index in [1.54, 1.807) is 11.0 Å². The molecule has 0 bridgehead atoms. The quantitative estimate of drug-likeness (QED) is 0.717. The highest BCUT2D eigenvalue weighted by molar-refractivity contribution is 5.95. The molecule has 0 spiro atoms. The fraction of sp³-hybridized carbons (Fsp3) is 0.462. The van der Waals surface area contributed by atoms with Gasteiger partial charge in [-0.2, -0.15) is 0 Å². The van der Waals surface area contributed by atoms with Gasteiger partial charge in [-0.1, -0.05) is 0 Å². The first-order valence-electron chi connectivity index (χ1n) is 5.91. The molecule has 1 aromatic carbocycles. The maximum absolute atomic E-state index is 12.2. The maximum atomic E-state index is 12.2. The Hall–Kier alpha value is -1.55. The second-order valence-electron chi connectivity index (χ2n) is 4.66. The fourth-order valence-corrected chi connectivity index (χ4v) is 2.19. The molecule has 1 aliphatic rings. The maximum Gasteiger partial charge on any atom is 0.253 e. The van der Waals surface area contributed by atoms with Crippen molar-refractivity contribution in [3.63, 3.8) is 0 Å². The van der Waals surface area contributed by atoms with E-state index in [-0.39, 0.29) is 12.0 Å². The van der Waals surface area contributed by atoms with E-state index in [1.165, 1.54) is 0 Å². The van der Waals surface area contributed by atoms with E-state index < -0.39 is 0 Å². The summed E-state index contributed by atoms with van der Waals surface area (Å²) in [5, 5.41) is 9.41. The van der Waals surface area contributed by atoms with Crippen molar-refractivity contribution < 1.29 is 9.90 Å². The zero-order chi connectivity index (χ0) is 12.4. The molecule has 1 saturated heterocycles. The monoisotopic (exact) mass is 234 g/mol. The molecule has 92 valence electrons. The number of hydrogen-bond acceptors (Lipinski definition) is 3. The molecule has 17 heavy (non-hydrogen) atoms. The van der Waals surface area contributed by atoms with Gasteiger partial charge in [0.2, 0.25) is 0 Å². The van der Waals surface area contributed by atoms with Crippen molar-refractivity contribution in [3.05, 3.63) is 29.3 Å². The summed E-state index contributed by atoms with van der Waals surface area (Å²) in [6.45, 7) is 3.16. The van der Waals surface area contributed by atoms with Crippen LogP contribution >= 0.6 is 0 Å². The minimum Gasteiger partial charge on any atom is -0.399 e. The third-order valence-corrected chi connectivity index (χ3v) is 3.10. The number of nitrogen functional groups attached to an aromatic ring is 1. The van der Waals surface area contributed by atoms with Crippen molar-refractivity contribution in [2.24, 2.45) is 0 Å². The molecule has 0 aromatic heterocycles. The lowest BCUT2D eigenvalue weighted by atomic mass is 10.1. The number of carbonyl (C=O) groups is 1. The molecular formula is C13H18N2O2. The van der Waals surface area contributed by atoms with Gasteiger partial charge in [0, 0.05) is 24.3 Å². The number of aryl methyl sites for hydroxylation is 1. The Kier molecular flexibility index (Phi) is 3.33. The van der Waals surface area contributed by atoms with E-state index in [0.29, 0.717) is 37.2 Å². The summed E-state index contributed by atoms with van der Waals surface area (Å²) in [5.74, 6) is 0.00676. The number of benzene rings is 1. The van der Waals surface area contributed by atoms with E-state index in [9.17, 15) is 9.90 Å². The molecule has 0 saturated carbocycles. The lowest BCUT2D eigenvalue weighted by molar-refractivity contribution is 0.0546. The van der Waals surface area contributed by atoms with Crippen molar-refractivity contribution >= 4 is 11.6 Å². The van der Waals surface area contributed by atoms with E-state index in [4.69, 9.17) is 5.73 Å². The molecular weight excluding hydrogens is 216 g/mol. The number of amides is 1. The van der Waals surface area contributed by atoms with Gasteiger partial charge in [0.15, 0.2) is 0 Å². The summed E-state index contributed by atoms with van der Waals surface area (Å²) in [7, 11) is 0. The van der Waals surface area contributed by atoms with Crippen LogP contribution in [-0.2, 0) is 0 Å². The van der Waals surface area contributed by atoms with E-state index in [1.807, 2.05) is 19.1 Å². The molecule has 1 fully saturated rings. The Bertz CT molecular complexity index is 403. The van der Waals surface area contributed by atoms with Crippen LogP contribution in [0.4, 0.5) is 5.69 Å². The average molecular weight is 234 g/mol.